The number of rotatable bonds is 2. The summed E-state index contributed by atoms with van der Waals surface area (Å²) in [4.78, 5) is 0. The van der Waals surface area contributed by atoms with E-state index in [4.69, 9.17) is 0 Å². The average Bonchev–Trinajstić information content (AvgIpc) is 2.69. The number of nitrogens with zero attached hydrogens (tertiary/aromatic N) is 4. The molecule has 84 valence electrons. The minimum Gasteiger partial charge on any atom is -0.371 e. The van der Waals surface area contributed by atoms with Crippen LogP contribution in [0.5, 0.6) is 0 Å². The van der Waals surface area contributed by atoms with E-state index in [1.807, 2.05) is 40.2 Å². The fourth-order valence-corrected chi connectivity index (χ4v) is 1.63. The maximum atomic E-state index is 4.33. The lowest BCUT2D eigenvalue weighted by atomic mass is 10.1. The van der Waals surface area contributed by atoms with Crippen molar-refractivity contribution in [3.8, 4) is 11.4 Å². The van der Waals surface area contributed by atoms with Gasteiger partial charge in [-0.1, -0.05) is 0 Å². The van der Waals surface area contributed by atoms with E-state index in [9.17, 15) is 0 Å². The molecule has 0 saturated heterocycles. The molecule has 5 nitrogen and oxygen atoms in total. The van der Waals surface area contributed by atoms with Crippen LogP contribution >= 0.6 is 0 Å². The van der Waals surface area contributed by atoms with Crippen molar-refractivity contribution in [2.75, 3.05) is 12.4 Å². The van der Waals surface area contributed by atoms with Gasteiger partial charge in [-0.3, -0.25) is 4.68 Å². The lowest BCUT2D eigenvalue weighted by Gasteiger charge is -2.08. The van der Waals surface area contributed by atoms with E-state index in [2.05, 4.69) is 20.6 Å². The van der Waals surface area contributed by atoms with E-state index in [0.717, 1.165) is 28.3 Å². The van der Waals surface area contributed by atoms with E-state index in [0.29, 0.717) is 0 Å². The maximum absolute atomic E-state index is 4.33. The third-order valence-electron chi connectivity index (χ3n) is 2.72. The highest BCUT2D eigenvalue weighted by Crippen LogP contribution is 2.23. The second kappa shape index (κ2) is 3.92. The largest absolute Gasteiger partial charge is 0.371 e. The second-order valence-corrected chi connectivity index (χ2v) is 3.77. The molecule has 0 aliphatic rings. The zero-order valence-corrected chi connectivity index (χ0v) is 9.94. The molecule has 0 saturated carbocycles. The van der Waals surface area contributed by atoms with Gasteiger partial charge in [0.05, 0.1) is 0 Å². The Kier molecular flexibility index (Phi) is 2.60. The molecule has 0 unspecified atom stereocenters. The third-order valence-corrected chi connectivity index (χ3v) is 2.72. The van der Waals surface area contributed by atoms with Crippen molar-refractivity contribution in [2.24, 2.45) is 7.05 Å². The quantitative estimate of drug-likeness (QED) is 0.829. The summed E-state index contributed by atoms with van der Waals surface area (Å²) in [7, 11) is 3.73. The maximum Gasteiger partial charge on any atom is 0.151 e. The third kappa shape index (κ3) is 1.64. The van der Waals surface area contributed by atoms with E-state index >= 15 is 0 Å². The Labute approximate surface area is 94.5 Å². The van der Waals surface area contributed by atoms with E-state index in [-0.39, 0.29) is 0 Å². The van der Waals surface area contributed by atoms with Crippen LogP contribution < -0.4 is 5.32 Å². The molecule has 0 aliphatic heterocycles. The molecule has 0 radical (unpaired) electrons. The monoisotopic (exact) mass is 217 g/mol. The van der Waals surface area contributed by atoms with Crippen LogP contribution in [0.15, 0.2) is 12.3 Å². The molecular formula is C11H15N5. The summed E-state index contributed by atoms with van der Waals surface area (Å²) < 4.78 is 1.76. The fourth-order valence-electron chi connectivity index (χ4n) is 1.63. The Morgan fingerprint density at radius 2 is 1.94 bits per heavy atom. The van der Waals surface area contributed by atoms with Gasteiger partial charge in [-0.05, 0) is 31.0 Å². The van der Waals surface area contributed by atoms with Crippen molar-refractivity contribution in [1.82, 2.24) is 20.0 Å². The Morgan fingerprint density at radius 3 is 2.50 bits per heavy atom. The smallest absolute Gasteiger partial charge is 0.151 e. The molecule has 5 heteroatoms. The van der Waals surface area contributed by atoms with Gasteiger partial charge < -0.3 is 5.32 Å². The molecule has 2 rings (SSSR count). The minimum atomic E-state index is 0.817. The van der Waals surface area contributed by atoms with E-state index in [1.165, 1.54) is 0 Å². The molecule has 16 heavy (non-hydrogen) atoms. The van der Waals surface area contributed by atoms with Crippen molar-refractivity contribution in [2.45, 2.75) is 13.8 Å². The van der Waals surface area contributed by atoms with Gasteiger partial charge in [0.15, 0.2) is 5.82 Å². The van der Waals surface area contributed by atoms with Crippen LogP contribution in [0.25, 0.3) is 11.4 Å². The van der Waals surface area contributed by atoms with Crippen molar-refractivity contribution in [3.63, 3.8) is 0 Å². The first-order valence-electron chi connectivity index (χ1n) is 5.15. The predicted molar refractivity (Wildman–Crippen MR) is 63.3 cm³/mol. The first kappa shape index (κ1) is 10.6. The van der Waals surface area contributed by atoms with Gasteiger partial charge in [-0.25, -0.2) is 0 Å². The Bertz CT molecular complexity index is 515. The fraction of sp³-hybridized carbons (Fsp3) is 0.364. The highest BCUT2D eigenvalue weighted by molar-refractivity contribution is 5.62. The molecule has 1 N–H and O–H groups in total. The predicted octanol–water partition coefficient (Wildman–Crippen LogP) is 1.54. The van der Waals surface area contributed by atoms with E-state index < -0.39 is 0 Å². The van der Waals surface area contributed by atoms with Crippen molar-refractivity contribution in [3.05, 3.63) is 23.4 Å². The van der Waals surface area contributed by atoms with Crippen LogP contribution in [0.3, 0.4) is 0 Å². The zero-order chi connectivity index (χ0) is 11.7. The molecule has 2 aromatic rings. The summed E-state index contributed by atoms with van der Waals surface area (Å²) in [5, 5.41) is 15.7. The Balaban J connectivity index is 2.55. The van der Waals surface area contributed by atoms with Gasteiger partial charge in [0.2, 0.25) is 0 Å². The molecule has 0 bridgehead atoms. The molecule has 0 amide bonds. The van der Waals surface area contributed by atoms with Crippen LogP contribution in [-0.2, 0) is 7.05 Å². The summed E-state index contributed by atoms with van der Waals surface area (Å²) in [6.07, 6.45) is 1.90. The van der Waals surface area contributed by atoms with Crippen LogP contribution in [0.2, 0.25) is 0 Å². The van der Waals surface area contributed by atoms with Gasteiger partial charge in [0.1, 0.15) is 11.4 Å². The van der Waals surface area contributed by atoms with Crippen LogP contribution in [0, 0.1) is 13.8 Å². The topological polar surface area (TPSA) is 55.6 Å². The molecule has 2 heterocycles. The summed E-state index contributed by atoms with van der Waals surface area (Å²) in [6.45, 7) is 4.07. The SMILES string of the molecule is CNc1nnc(-c2ccn(C)n2)c(C)c1C. The van der Waals surface area contributed by atoms with Gasteiger partial charge >= 0.3 is 0 Å². The van der Waals surface area contributed by atoms with Crippen molar-refractivity contribution in [1.29, 1.82) is 0 Å². The number of aryl methyl sites for hydroxylation is 1. The summed E-state index contributed by atoms with van der Waals surface area (Å²) in [5.74, 6) is 0.817. The van der Waals surface area contributed by atoms with Crippen LogP contribution in [0.1, 0.15) is 11.1 Å². The average molecular weight is 217 g/mol. The molecule has 0 fully saturated rings. The van der Waals surface area contributed by atoms with Crippen LogP contribution in [-0.4, -0.2) is 27.0 Å². The molecular weight excluding hydrogens is 202 g/mol. The lowest BCUT2D eigenvalue weighted by molar-refractivity contribution is 0.768. The molecule has 0 spiro atoms. The Morgan fingerprint density at radius 1 is 1.19 bits per heavy atom. The molecule has 0 atom stereocenters. The van der Waals surface area contributed by atoms with Crippen molar-refractivity contribution < 1.29 is 0 Å². The summed E-state index contributed by atoms with van der Waals surface area (Å²) >= 11 is 0. The number of nitrogens with one attached hydrogen (secondary N) is 1. The van der Waals surface area contributed by atoms with Gasteiger partial charge in [-0.15, -0.1) is 10.2 Å². The molecule has 2 aromatic heterocycles. The highest BCUT2D eigenvalue weighted by atomic mass is 15.3. The first-order chi connectivity index (χ1) is 7.63. The number of hydrogen-bond donors (Lipinski definition) is 1. The Hall–Kier alpha value is -1.91. The first-order valence-corrected chi connectivity index (χ1v) is 5.15. The highest BCUT2D eigenvalue weighted by Gasteiger charge is 2.12. The standard InChI is InChI=1S/C11H15N5/c1-7-8(2)11(12-3)14-13-10(7)9-5-6-16(4)15-9/h5-6H,1-4H3,(H,12,14). The van der Waals surface area contributed by atoms with Crippen molar-refractivity contribution >= 4 is 5.82 Å². The number of hydrogen-bond acceptors (Lipinski definition) is 4. The zero-order valence-electron chi connectivity index (χ0n) is 9.94. The van der Waals surface area contributed by atoms with Gasteiger partial charge in [-0.2, -0.15) is 5.10 Å². The molecule has 0 aromatic carbocycles. The molecule has 0 aliphatic carbocycles. The second-order valence-electron chi connectivity index (χ2n) is 3.77. The number of anilines is 1. The van der Waals surface area contributed by atoms with Gasteiger partial charge in [0, 0.05) is 20.3 Å². The summed E-state index contributed by atoms with van der Waals surface area (Å²) in [6, 6.07) is 1.94. The lowest BCUT2D eigenvalue weighted by Crippen LogP contribution is -2.03. The normalized spacial score (nSPS) is 10.5. The summed E-state index contributed by atoms with van der Waals surface area (Å²) in [5.41, 5.74) is 3.92. The van der Waals surface area contributed by atoms with Gasteiger partial charge in [0.25, 0.3) is 0 Å². The van der Waals surface area contributed by atoms with Crippen LogP contribution in [0.4, 0.5) is 5.82 Å². The number of aromatic nitrogens is 4. The minimum absolute atomic E-state index is 0.817. The van der Waals surface area contributed by atoms with E-state index in [1.54, 1.807) is 4.68 Å².